The predicted molar refractivity (Wildman–Crippen MR) is 100 cm³/mol. The van der Waals surface area contributed by atoms with Crippen LogP contribution in [0.5, 0.6) is 0 Å². The summed E-state index contributed by atoms with van der Waals surface area (Å²) in [5.41, 5.74) is 0.102. The second kappa shape index (κ2) is 8.91. The van der Waals surface area contributed by atoms with Gasteiger partial charge in [0.05, 0.1) is 10.7 Å². The summed E-state index contributed by atoms with van der Waals surface area (Å²) in [6, 6.07) is 1.94. The molecule has 3 heterocycles. The molecule has 0 unspecified atom stereocenters. The molecule has 0 aromatic carbocycles. The van der Waals surface area contributed by atoms with E-state index in [1.165, 1.54) is 0 Å². The summed E-state index contributed by atoms with van der Waals surface area (Å²) in [5, 5.41) is 8.76. The van der Waals surface area contributed by atoms with Crippen LogP contribution in [0.25, 0.3) is 0 Å². The molecule has 0 amide bonds. The Morgan fingerprint density at radius 2 is 2.07 bits per heavy atom. The molecule has 1 N–H and O–H groups in total. The van der Waals surface area contributed by atoms with Crippen LogP contribution in [0.3, 0.4) is 0 Å². The third-order valence-corrected chi connectivity index (χ3v) is 5.32. The van der Waals surface area contributed by atoms with Gasteiger partial charge in [-0.2, -0.15) is 13.2 Å². The minimum Gasteiger partial charge on any atom is -0.361 e. The zero-order valence-corrected chi connectivity index (χ0v) is 16.6. The highest BCUT2D eigenvalue weighted by molar-refractivity contribution is 7.09. The van der Waals surface area contributed by atoms with E-state index in [4.69, 9.17) is 4.52 Å². The number of halogens is 3. The molecule has 0 saturated carbocycles. The minimum absolute atomic E-state index is 0.422. The van der Waals surface area contributed by atoms with E-state index in [1.54, 1.807) is 7.05 Å². The van der Waals surface area contributed by atoms with Gasteiger partial charge < -0.3 is 14.7 Å². The van der Waals surface area contributed by atoms with E-state index < -0.39 is 11.9 Å². The molecule has 7 nitrogen and oxygen atoms in total. The number of alkyl halides is 3. The first-order valence-corrected chi connectivity index (χ1v) is 9.85. The van der Waals surface area contributed by atoms with E-state index in [0.717, 1.165) is 66.9 Å². The SMILES string of the molecule is CN=C(NCCc1nc(C(F)(F)F)cs1)N1CCN(Cc2cc(C)on2)CC1. The maximum Gasteiger partial charge on any atom is 0.434 e. The molecule has 0 aliphatic carbocycles. The van der Waals surface area contributed by atoms with Crippen LogP contribution < -0.4 is 5.32 Å². The number of nitrogens with one attached hydrogen (secondary N) is 1. The number of thiazole rings is 1. The van der Waals surface area contributed by atoms with E-state index in [9.17, 15) is 13.2 Å². The quantitative estimate of drug-likeness (QED) is 0.596. The molecule has 11 heteroatoms. The van der Waals surface area contributed by atoms with Crippen molar-refractivity contribution in [3.63, 3.8) is 0 Å². The molecule has 1 fully saturated rings. The van der Waals surface area contributed by atoms with Crippen molar-refractivity contribution in [3.05, 3.63) is 33.6 Å². The smallest absolute Gasteiger partial charge is 0.361 e. The summed E-state index contributed by atoms with van der Waals surface area (Å²) in [4.78, 5) is 12.4. The Morgan fingerprint density at radius 3 is 2.64 bits per heavy atom. The van der Waals surface area contributed by atoms with Crippen LogP contribution >= 0.6 is 11.3 Å². The molecule has 2 aromatic rings. The second-order valence-electron chi connectivity index (χ2n) is 6.54. The number of nitrogens with zero attached hydrogens (tertiary/aromatic N) is 5. The highest BCUT2D eigenvalue weighted by Crippen LogP contribution is 2.30. The number of guanidine groups is 1. The summed E-state index contributed by atoms with van der Waals surface area (Å²) < 4.78 is 42.9. The largest absolute Gasteiger partial charge is 0.434 e. The standard InChI is InChI=1S/C17H23F3N6OS/c1-12-9-13(24-27-12)10-25-5-7-26(8-6-25)16(21-2)22-4-3-15-23-14(11-28-15)17(18,19)20/h9,11H,3-8,10H2,1-2H3,(H,21,22). The number of aryl methyl sites for hydroxylation is 1. The molecule has 28 heavy (non-hydrogen) atoms. The Labute approximate surface area is 165 Å². The molecule has 3 rings (SSSR count). The van der Waals surface area contributed by atoms with E-state index in [-0.39, 0.29) is 0 Å². The monoisotopic (exact) mass is 416 g/mol. The molecule has 1 saturated heterocycles. The van der Waals surface area contributed by atoms with Crippen LogP contribution in [0, 0.1) is 6.92 Å². The first-order valence-electron chi connectivity index (χ1n) is 8.97. The van der Waals surface area contributed by atoms with Gasteiger partial charge in [-0.1, -0.05) is 5.16 Å². The van der Waals surface area contributed by atoms with Crippen LogP contribution in [0.1, 0.15) is 22.2 Å². The van der Waals surface area contributed by atoms with E-state index in [0.29, 0.717) is 18.0 Å². The number of rotatable bonds is 5. The molecule has 154 valence electrons. The molecular weight excluding hydrogens is 393 g/mol. The van der Waals surface area contributed by atoms with Gasteiger partial charge in [-0.15, -0.1) is 11.3 Å². The highest BCUT2D eigenvalue weighted by atomic mass is 32.1. The van der Waals surface area contributed by atoms with Crippen LogP contribution in [-0.2, 0) is 19.1 Å². The fourth-order valence-corrected chi connectivity index (χ4v) is 3.81. The van der Waals surface area contributed by atoms with Gasteiger partial charge in [0.1, 0.15) is 5.76 Å². The average Bonchev–Trinajstić information content (AvgIpc) is 3.29. The minimum atomic E-state index is -4.39. The zero-order chi connectivity index (χ0) is 20.1. The van der Waals surface area contributed by atoms with Crippen LogP contribution in [0.4, 0.5) is 13.2 Å². The van der Waals surface area contributed by atoms with Gasteiger partial charge in [-0.25, -0.2) is 4.98 Å². The molecule has 0 spiro atoms. The Hall–Kier alpha value is -2.14. The van der Waals surface area contributed by atoms with Crippen molar-refractivity contribution in [1.82, 2.24) is 25.3 Å². The zero-order valence-electron chi connectivity index (χ0n) is 15.8. The Bertz CT molecular complexity index is 795. The number of aromatic nitrogens is 2. The molecule has 1 aliphatic heterocycles. The van der Waals surface area contributed by atoms with Gasteiger partial charge in [0.15, 0.2) is 11.7 Å². The average molecular weight is 416 g/mol. The summed E-state index contributed by atoms with van der Waals surface area (Å²) in [7, 11) is 1.71. The molecular formula is C17H23F3N6OS. The Kier molecular flexibility index (Phi) is 6.55. The van der Waals surface area contributed by atoms with E-state index >= 15 is 0 Å². The maximum absolute atomic E-state index is 12.6. The second-order valence-corrected chi connectivity index (χ2v) is 7.48. The lowest BCUT2D eigenvalue weighted by molar-refractivity contribution is -0.140. The summed E-state index contributed by atoms with van der Waals surface area (Å²) in [5.74, 6) is 1.56. The number of hydrogen-bond acceptors (Lipinski definition) is 6. The third kappa shape index (κ3) is 5.44. The van der Waals surface area contributed by atoms with Gasteiger partial charge in [0, 0.05) is 64.2 Å². The summed E-state index contributed by atoms with van der Waals surface area (Å²) >= 11 is 1.03. The Morgan fingerprint density at radius 1 is 1.32 bits per heavy atom. The van der Waals surface area contributed by atoms with Crippen molar-refractivity contribution < 1.29 is 17.7 Å². The van der Waals surface area contributed by atoms with Gasteiger partial charge in [0.2, 0.25) is 0 Å². The van der Waals surface area contributed by atoms with Crippen LogP contribution in [0.2, 0.25) is 0 Å². The fourth-order valence-electron chi connectivity index (χ4n) is 3.01. The summed E-state index contributed by atoms with van der Waals surface area (Å²) in [6.07, 6.45) is -3.96. The normalized spacial score (nSPS) is 16.6. The van der Waals surface area contributed by atoms with Crippen molar-refractivity contribution in [3.8, 4) is 0 Å². The lowest BCUT2D eigenvalue weighted by Crippen LogP contribution is -2.52. The fraction of sp³-hybridized carbons (Fsp3) is 0.588. The first kappa shape index (κ1) is 20.6. The van der Waals surface area contributed by atoms with Crippen molar-refractivity contribution >= 4 is 17.3 Å². The van der Waals surface area contributed by atoms with Crippen molar-refractivity contribution in [2.24, 2.45) is 4.99 Å². The number of hydrogen-bond donors (Lipinski definition) is 1. The van der Waals surface area contributed by atoms with Gasteiger partial charge in [-0.3, -0.25) is 9.89 Å². The predicted octanol–water partition coefficient (Wildman–Crippen LogP) is 2.39. The van der Waals surface area contributed by atoms with E-state index in [2.05, 4.69) is 30.2 Å². The van der Waals surface area contributed by atoms with E-state index in [1.807, 2.05) is 13.0 Å². The molecule has 0 radical (unpaired) electrons. The Balaban J connectivity index is 1.42. The molecule has 1 aliphatic rings. The summed E-state index contributed by atoms with van der Waals surface area (Å²) in [6.45, 7) is 6.47. The van der Waals surface area contributed by atoms with Gasteiger partial charge in [0.25, 0.3) is 0 Å². The van der Waals surface area contributed by atoms with Gasteiger partial charge >= 0.3 is 6.18 Å². The van der Waals surface area contributed by atoms with Crippen molar-refractivity contribution in [2.75, 3.05) is 39.8 Å². The lowest BCUT2D eigenvalue weighted by Gasteiger charge is -2.36. The van der Waals surface area contributed by atoms with Crippen molar-refractivity contribution in [1.29, 1.82) is 0 Å². The molecule has 0 atom stereocenters. The molecule has 0 bridgehead atoms. The number of piperazine rings is 1. The van der Waals surface area contributed by atoms with Crippen molar-refractivity contribution in [2.45, 2.75) is 26.1 Å². The highest BCUT2D eigenvalue weighted by Gasteiger charge is 2.33. The maximum atomic E-state index is 12.6. The molecule has 2 aromatic heterocycles. The van der Waals surface area contributed by atoms with Crippen LogP contribution in [0.15, 0.2) is 21.0 Å². The number of aliphatic imine (C=N–C) groups is 1. The first-order chi connectivity index (χ1) is 13.3. The van der Waals surface area contributed by atoms with Crippen LogP contribution in [-0.4, -0.2) is 65.7 Å². The topological polar surface area (TPSA) is 69.8 Å². The van der Waals surface area contributed by atoms with Gasteiger partial charge in [-0.05, 0) is 6.92 Å². The lowest BCUT2D eigenvalue weighted by atomic mass is 10.3. The third-order valence-electron chi connectivity index (χ3n) is 4.41.